The molecule has 9 heteroatoms. The number of nitrogens with zero attached hydrogens (tertiary/aromatic N) is 1. The Morgan fingerprint density at radius 1 is 0.361 bits per heavy atom. The molecule has 9 nitrogen and oxygen atoms in total. The number of unbranched alkanes of at least 4 members (excludes halogenated alkanes) is 44. The minimum atomic E-state index is -1.62. The third kappa shape index (κ3) is 66.6. The lowest BCUT2D eigenvalue weighted by Gasteiger charge is -2.26. The first-order valence-corrected chi connectivity index (χ1v) is 35.8. The Morgan fingerprint density at radius 3 is 0.976 bits per heavy atom. The summed E-state index contributed by atoms with van der Waals surface area (Å²) in [6.07, 6.45) is 80.5. The van der Waals surface area contributed by atoms with Crippen LogP contribution in [0.4, 0.5) is 0 Å². The summed E-state index contributed by atoms with van der Waals surface area (Å²) in [4.78, 5) is 37.5. The fraction of sp³-hybridized carbons (Fsp3) is 0.851. The van der Waals surface area contributed by atoms with Gasteiger partial charge in [-0.05, 0) is 77.0 Å². The second-order valence-corrected chi connectivity index (χ2v) is 25.5. The number of esters is 2. The van der Waals surface area contributed by atoms with Crippen LogP contribution in [-0.2, 0) is 33.3 Å². The summed E-state index contributed by atoms with van der Waals surface area (Å²) >= 11 is 0. The van der Waals surface area contributed by atoms with Gasteiger partial charge < -0.3 is 33.3 Å². The van der Waals surface area contributed by atoms with E-state index in [1.54, 1.807) is 0 Å². The molecule has 2 atom stereocenters. The first-order chi connectivity index (χ1) is 40.6. The smallest absolute Gasteiger partial charge is 0.306 e. The van der Waals surface area contributed by atoms with E-state index in [-0.39, 0.29) is 32.2 Å². The molecule has 0 saturated heterocycles. The molecular formula is C74H137NO8. The van der Waals surface area contributed by atoms with Gasteiger partial charge in [0.1, 0.15) is 13.2 Å². The Bertz CT molecular complexity index is 1500. The van der Waals surface area contributed by atoms with Gasteiger partial charge >= 0.3 is 11.9 Å². The molecule has 0 aromatic carbocycles. The molecule has 486 valence electrons. The predicted molar refractivity (Wildman–Crippen MR) is 352 cm³/mol. The number of allylic oxidation sites excluding steroid dienone is 8. The van der Waals surface area contributed by atoms with E-state index < -0.39 is 24.3 Å². The van der Waals surface area contributed by atoms with Crippen LogP contribution in [-0.4, -0.2) is 82.3 Å². The Morgan fingerprint density at radius 2 is 0.651 bits per heavy atom. The SMILES string of the molecule is CCCCCCC/C=C\C/C=C\C/C=C\CCCCCCCCCCCCCCCCCCC(=O)OC(COC(=O)CCCCCCCCCCCCCCCCC/C=C\CCCCCCCCCC)COC(OCC[N+](C)(C)C)C(=O)[O-]. The van der Waals surface area contributed by atoms with Gasteiger partial charge in [0, 0.05) is 12.8 Å². The summed E-state index contributed by atoms with van der Waals surface area (Å²) in [5.41, 5.74) is 0. The van der Waals surface area contributed by atoms with Gasteiger partial charge in [-0.15, -0.1) is 0 Å². The second kappa shape index (κ2) is 65.2. The van der Waals surface area contributed by atoms with Crippen molar-refractivity contribution < 1.29 is 42.9 Å². The van der Waals surface area contributed by atoms with E-state index in [1.165, 1.54) is 270 Å². The normalized spacial score (nSPS) is 12.9. The van der Waals surface area contributed by atoms with Crippen molar-refractivity contribution in [2.75, 3.05) is 47.5 Å². The molecule has 0 saturated carbocycles. The average Bonchev–Trinajstić information content (AvgIpc) is 3.46. The molecule has 0 bridgehead atoms. The summed E-state index contributed by atoms with van der Waals surface area (Å²) in [7, 11) is 5.94. The summed E-state index contributed by atoms with van der Waals surface area (Å²) in [6, 6.07) is 0. The van der Waals surface area contributed by atoms with Gasteiger partial charge in [-0.3, -0.25) is 9.59 Å². The van der Waals surface area contributed by atoms with E-state index in [1.807, 2.05) is 21.1 Å². The van der Waals surface area contributed by atoms with Crippen LogP contribution in [0.2, 0.25) is 0 Å². The highest BCUT2D eigenvalue weighted by Gasteiger charge is 2.22. The number of hydrogen-bond donors (Lipinski definition) is 0. The van der Waals surface area contributed by atoms with Crippen LogP contribution in [0.15, 0.2) is 48.6 Å². The van der Waals surface area contributed by atoms with Crippen molar-refractivity contribution in [2.45, 2.75) is 360 Å². The standard InChI is InChI=1S/C74H137NO8/c1-6-8-10-12-14-16-18-20-22-24-26-28-30-32-34-35-36-37-39-41-43-45-47-49-51-53-55-57-59-61-63-65-72(77)83-70(69-82-74(73(78)79)80-67-66-75(3,4)5)68-81-71(76)64-62-60-58-56-54-52-50-48-46-44-42-40-38-33-31-29-27-25-23-21-19-17-15-13-11-9-7-2/h18,20,24-27,30,32,70,74H,6-17,19,21-23,28-29,31,33-69H2,1-5H3/b20-18-,26-24-,27-25-,32-30-. The number of rotatable bonds is 67. The highest BCUT2D eigenvalue weighted by atomic mass is 16.7. The third-order valence-corrected chi connectivity index (χ3v) is 16.0. The van der Waals surface area contributed by atoms with Gasteiger partial charge in [0.25, 0.3) is 0 Å². The first kappa shape index (κ1) is 80.2. The monoisotopic (exact) mass is 1170 g/mol. The molecular weight excluding hydrogens is 1030 g/mol. The highest BCUT2D eigenvalue weighted by Crippen LogP contribution is 2.18. The van der Waals surface area contributed by atoms with E-state index in [4.69, 9.17) is 18.9 Å². The maximum absolute atomic E-state index is 12.9. The van der Waals surface area contributed by atoms with Crippen molar-refractivity contribution >= 4 is 17.9 Å². The summed E-state index contributed by atoms with van der Waals surface area (Å²) < 4.78 is 22.8. The van der Waals surface area contributed by atoms with Crippen LogP contribution < -0.4 is 5.11 Å². The molecule has 83 heavy (non-hydrogen) atoms. The molecule has 0 aromatic heterocycles. The Hall–Kier alpha value is -2.75. The van der Waals surface area contributed by atoms with Crippen molar-refractivity contribution in [3.63, 3.8) is 0 Å². The number of carbonyl (C=O) groups excluding carboxylic acids is 3. The fourth-order valence-corrected chi connectivity index (χ4v) is 10.5. The molecule has 0 amide bonds. The van der Waals surface area contributed by atoms with E-state index in [2.05, 4.69) is 62.5 Å². The highest BCUT2D eigenvalue weighted by molar-refractivity contribution is 5.70. The lowest BCUT2D eigenvalue weighted by Crippen LogP contribution is -2.44. The van der Waals surface area contributed by atoms with Crippen LogP contribution in [0.25, 0.3) is 0 Å². The zero-order valence-electron chi connectivity index (χ0n) is 55.6. The quantitative estimate of drug-likeness (QED) is 0.0195. The summed E-state index contributed by atoms with van der Waals surface area (Å²) in [5.74, 6) is -2.26. The minimum absolute atomic E-state index is 0.149. The molecule has 0 aliphatic rings. The van der Waals surface area contributed by atoms with Gasteiger partial charge in [-0.1, -0.05) is 306 Å². The molecule has 0 heterocycles. The van der Waals surface area contributed by atoms with Crippen LogP contribution >= 0.6 is 0 Å². The molecule has 0 fully saturated rings. The van der Waals surface area contributed by atoms with Gasteiger partial charge in [-0.2, -0.15) is 0 Å². The Kier molecular flexibility index (Phi) is 63.1. The maximum Gasteiger partial charge on any atom is 0.306 e. The van der Waals surface area contributed by atoms with E-state index in [9.17, 15) is 19.5 Å². The van der Waals surface area contributed by atoms with Crippen LogP contribution in [0.1, 0.15) is 348 Å². The number of carboxylic acids is 1. The zero-order valence-corrected chi connectivity index (χ0v) is 55.6. The van der Waals surface area contributed by atoms with Crippen LogP contribution in [0, 0.1) is 0 Å². The molecule has 0 rings (SSSR count). The number of carbonyl (C=O) groups is 3. The Labute approximate surface area is 514 Å². The van der Waals surface area contributed by atoms with E-state index in [0.29, 0.717) is 23.9 Å². The predicted octanol–water partition coefficient (Wildman–Crippen LogP) is 20.8. The largest absolute Gasteiger partial charge is 0.545 e. The molecule has 2 unspecified atom stereocenters. The van der Waals surface area contributed by atoms with Crippen molar-refractivity contribution in [1.82, 2.24) is 0 Å². The van der Waals surface area contributed by atoms with Crippen LogP contribution in [0.5, 0.6) is 0 Å². The van der Waals surface area contributed by atoms with Gasteiger partial charge in [0.2, 0.25) is 0 Å². The first-order valence-electron chi connectivity index (χ1n) is 35.8. The van der Waals surface area contributed by atoms with Gasteiger partial charge in [0.15, 0.2) is 12.4 Å². The number of ether oxygens (including phenoxy) is 4. The average molecular weight is 1170 g/mol. The van der Waals surface area contributed by atoms with Gasteiger partial charge in [-0.25, -0.2) is 0 Å². The topological polar surface area (TPSA) is 111 Å². The molecule has 0 N–H and O–H groups in total. The third-order valence-electron chi connectivity index (χ3n) is 16.0. The van der Waals surface area contributed by atoms with Crippen molar-refractivity contribution in [1.29, 1.82) is 0 Å². The van der Waals surface area contributed by atoms with Crippen molar-refractivity contribution in [3.8, 4) is 0 Å². The Balaban J connectivity index is 4.08. The van der Waals surface area contributed by atoms with E-state index >= 15 is 0 Å². The van der Waals surface area contributed by atoms with E-state index in [0.717, 1.165) is 44.9 Å². The lowest BCUT2D eigenvalue weighted by atomic mass is 10.0. The number of likely N-dealkylation sites (N-methyl/N-ethyl adjacent to an activating group) is 1. The maximum atomic E-state index is 12.9. The number of carboxylic acid groups (broad SMARTS) is 1. The molecule has 0 spiro atoms. The number of quaternary nitrogens is 1. The summed E-state index contributed by atoms with van der Waals surface area (Å²) in [5, 5.41) is 11.8. The zero-order chi connectivity index (χ0) is 60.5. The molecule has 0 aliphatic carbocycles. The van der Waals surface area contributed by atoms with Crippen LogP contribution in [0.3, 0.4) is 0 Å². The van der Waals surface area contributed by atoms with Crippen molar-refractivity contribution in [2.24, 2.45) is 0 Å². The molecule has 0 radical (unpaired) electrons. The summed E-state index contributed by atoms with van der Waals surface area (Å²) in [6.45, 7) is 4.79. The fourth-order valence-electron chi connectivity index (χ4n) is 10.5. The van der Waals surface area contributed by atoms with Gasteiger partial charge in [0.05, 0.1) is 40.3 Å². The lowest BCUT2D eigenvalue weighted by molar-refractivity contribution is -0.870. The number of aliphatic carboxylic acids is 1. The second-order valence-electron chi connectivity index (χ2n) is 25.5. The molecule has 0 aliphatic heterocycles. The minimum Gasteiger partial charge on any atom is -0.545 e. The van der Waals surface area contributed by atoms with Crippen molar-refractivity contribution in [3.05, 3.63) is 48.6 Å². The number of hydrogen-bond acceptors (Lipinski definition) is 8. The molecule has 0 aromatic rings.